The van der Waals surface area contributed by atoms with Gasteiger partial charge >= 0.3 is 0 Å². The Balaban J connectivity index is 4.02. The number of hydrogen-bond donors (Lipinski definition) is 1. The van der Waals surface area contributed by atoms with Gasteiger partial charge in [0.05, 0.1) is 0 Å². The molecule has 0 amide bonds. The van der Waals surface area contributed by atoms with Gasteiger partial charge in [0.25, 0.3) is 0 Å². The van der Waals surface area contributed by atoms with Crippen LogP contribution in [0.5, 0.6) is 0 Å². The lowest BCUT2D eigenvalue weighted by molar-refractivity contribution is 0.430. The smallest absolute Gasteiger partial charge is 0.0391 e. The van der Waals surface area contributed by atoms with E-state index in [2.05, 4.69) is 39.9 Å². The van der Waals surface area contributed by atoms with Crippen molar-refractivity contribution in [3.63, 3.8) is 0 Å². The van der Waals surface area contributed by atoms with Crippen LogP contribution in [0.25, 0.3) is 0 Å². The molecule has 0 spiro atoms. The molecule has 0 saturated carbocycles. The Kier molecular flexibility index (Phi) is 9.24. The molecule has 3 unspecified atom stereocenters. The molecule has 0 aliphatic carbocycles. The van der Waals surface area contributed by atoms with Gasteiger partial charge in [-0.1, -0.05) is 41.0 Å². The zero-order valence-corrected chi connectivity index (χ0v) is 12.4. The topological polar surface area (TPSA) is 29.1 Å². The maximum atomic E-state index is 12.0. The van der Waals surface area contributed by atoms with Gasteiger partial charge < -0.3 is 5.32 Å². The van der Waals surface area contributed by atoms with Gasteiger partial charge in [-0.3, -0.25) is 4.21 Å². The Morgan fingerprint density at radius 2 is 1.75 bits per heavy atom. The highest BCUT2D eigenvalue weighted by Crippen LogP contribution is 2.08. The molecule has 0 rings (SSSR count). The summed E-state index contributed by atoms with van der Waals surface area (Å²) in [5.74, 6) is 2.81. The molecule has 2 nitrogen and oxygen atoms in total. The molecule has 0 aliphatic heterocycles. The summed E-state index contributed by atoms with van der Waals surface area (Å²) in [5, 5.41) is 3.50. The van der Waals surface area contributed by atoms with Gasteiger partial charge in [-0.15, -0.1) is 0 Å². The first-order valence-corrected chi connectivity index (χ1v) is 8.08. The average Bonchev–Trinajstić information content (AvgIpc) is 2.23. The fourth-order valence-electron chi connectivity index (χ4n) is 1.52. The number of hydrogen-bond acceptors (Lipinski definition) is 2. The van der Waals surface area contributed by atoms with E-state index in [4.69, 9.17) is 0 Å². The van der Waals surface area contributed by atoms with E-state index >= 15 is 0 Å². The summed E-state index contributed by atoms with van der Waals surface area (Å²) in [5.41, 5.74) is 0. The van der Waals surface area contributed by atoms with Crippen molar-refractivity contribution in [2.24, 2.45) is 11.8 Å². The largest absolute Gasteiger partial charge is 0.313 e. The summed E-state index contributed by atoms with van der Waals surface area (Å²) in [7, 11) is -0.667. The average molecular weight is 247 g/mol. The summed E-state index contributed by atoms with van der Waals surface area (Å²) < 4.78 is 12.0. The van der Waals surface area contributed by atoms with Gasteiger partial charge in [0.15, 0.2) is 0 Å². The van der Waals surface area contributed by atoms with Gasteiger partial charge in [0.1, 0.15) is 0 Å². The SMILES string of the molecule is CCCNC(CS(=O)CC(C)CC)C(C)C. The fraction of sp³-hybridized carbons (Fsp3) is 1.00. The van der Waals surface area contributed by atoms with Gasteiger partial charge in [-0.25, -0.2) is 0 Å². The Labute approximate surface area is 104 Å². The monoisotopic (exact) mass is 247 g/mol. The van der Waals surface area contributed by atoms with Crippen molar-refractivity contribution < 1.29 is 4.21 Å². The van der Waals surface area contributed by atoms with Crippen molar-refractivity contribution in [2.45, 2.75) is 53.5 Å². The second-order valence-corrected chi connectivity index (χ2v) is 6.64. The molecule has 3 heteroatoms. The van der Waals surface area contributed by atoms with Crippen molar-refractivity contribution in [2.75, 3.05) is 18.1 Å². The van der Waals surface area contributed by atoms with Gasteiger partial charge in [-0.05, 0) is 24.8 Å². The van der Waals surface area contributed by atoms with E-state index in [9.17, 15) is 4.21 Å². The van der Waals surface area contributed by atoms with Gasteiger partial charge in [-0.2, -0.15) is 0 Å². The number of nitrogens with one attached hydrogen (secondary N) is 1. The van der Waals surface area contributed by atoms with Crippen molar-refractivity contribution in [3.8, 4) is 0 Å². The third kappa shape index (κ3) is 7.39. The van der Waals surface area contributed by atoms with Crippen LogP contribution >= 0.6 is 0 Å². The first-order valence-electron chi connectivity index (χ1n) is 6.59. The summed E-state index contributed by atoms with van der Waals surface area (Å²) in [6.07, 6.45) is 2.27. The molecule has 1 N–H and O–H groups in total. The van der Waals surface area contributed by atoms with Crippen LogP contribution in [0.4, 0.5) is 0 Å². The summed E-state index contributed by atoms with van der Waals surface area (Å²) in [4.78, 5) is 0. The van der Waals surface area contributed by atoms with Crippen molar-refractivity contribution in [1.29, 1.82) is 0 Å². The van der Waals surface area contributed by atoms with Crippen LogP contribution in [0.2, 0.25) is 0 Å². The zero-order valence-electron chi connectivity index (χ0n) is 11.6. The normalized spacial score (nSPS) is 17.4. The highest BCUT2D eigenvalue weighted by Gasteiger charge is 2.16. The zero-order chi connectivity index (χ0) is 12.6. The molecule has 0 aromatic carbocycles. The molecular weight excluding hydrogens is 218 g/mol. The molecule has 0 aliphatic rings. The Bertz CT molecular complexity index is 194. The minimum absolute atomic E-state index is 0.407. The predicted molar refractivity (Wildman–Crippen MR) is 74.3 cm³/mol. The maximum Gasteiger partial charge on any atom is 0.0391 e. The van der Waals surface area contributed by atoms with Crippen LogP contribution in [0.1, 0.15) is 47.5 Å². The van der Waals surface area contributed by atoms with Crippen molar-refractivity contribution in [3.05, 3.63) is 0 Å². The van der Waals surface area contributed by atoms with Gasteiger partial charge in [0, 0.05) is 28.3 Å². The third-order valence-corrected chi connectivity index (χ3v) is 4.67. The van der Waals surface area contributed by atoms with Crippen LogP contribution < -0.4 is 5.32 Å². The molecule has 98 valence electrons. The van der Waals surface area contributed by atoms with Crippen LogP contribution in [0, 0.1) is 11.8 Å². The van der Waals surface area contributed by atoms with E-state index in [1.54, 1.807) is 0 Å². The van der Waals surface area contributed by atoms with E-state index < -0.39 is 10.8 Å². The Morgan fingerprint density at radius 1 is 1.12 bits per heavy atom. The molecule has 0 aromatic rings. The quantitative estimate of drug-likeness (QED) is 0.679. The van der Waals surface area contributed by atoms with Crippen molar-refractivity contribution >= 4 is 10.8 Å². The summed E-state index contributed by atoms with van der Waals surface area (Å²) >= 11 is 0. The number of rotatable bonds is 9. The second-order valence-electron chi connectivity index (χ2n) is 5.09. The first-order chi connectivity index (χ1) is 7.51. The molecule has 0 bridgehead atoms. The molecular formula is C13H29NOS. The van der Waals surface area contributed by atoms with Gasteiger partial charge in [0.2, 0.25) is 0 Å². The lowest BCUT2D eigenvalue weighted by Gasteiger charge is -2.22. The van der Waals surface area contributed by atoms with Crippen LogP contribution in [0.15, 0.2) is 0 Å². The lowest BCUT2D eigenvalue weighted by atomic mass is 10.1. The van der Waals surface area contributed by atoms with E-state index in [1.165, 1.54) is 0 Å². The molecule has 0 saturated heterocycles. The molecule has 0 heterocycles. The minimum Gasteiger partial charge on any atom is -0.313 e. The van der Waals surface area contributed by atoms with E-state index in [0.717, 1.165) is 30.9 Å². The van der Waals surface area contributed by atoms with Crippen LogP contribution in [0.3, 0.4) is 0 Å². The molecule has 0 aromatic heterocycles. The van der Waals surface area contributed by atoms with Crippen LogP contribution in [-0.4, -0.2) is 28.3 Å². The Hall–Kier alpha value is 0.110. The molecule has 0 fully saturated rings. The Morgan fingerprint density at radius 3 is 2.19 bits per heavy atom. The highest BCUT2D eigenvalue weighted by atomic mass is 32.2. The molecule has 0 radical (unpaired) electrons. The standard InChI is InChI=1S/C13H29NOS/c1-6-8-14-13(11(3)4)10-16(15)9-12(5)7-2/h11-14H,6-10H2,1-5H3. The summed E-state index contributed by atoms with van der Waals surface area (Å²) in [6, 6.07) is 0.407. The second kappa shape index (κ2) is 9.17. The fourth-order valence-corrected chi connectivity index (χ4v) is 3.43. The van der Waals surface area contributed by atoms with E-state index in [-0.39, 0.29) is 0 Å². The van der Waals surface area contributed by atoms with E-state index in [1.807, 2.05) is 0 Å². The molecule has 16 heavy (non-hydrogen) atoms. The molecule has 3 atom stereocenters. The van der Waals surface area contributed by atoms with Crippen molar-refractivity contribution in [1.82, 2.24) is 5.32 Å². The van der Waals surface area contributed by atoms with Crippen LogP contribution in [-0.2, 0) is 10.8 Å². The maximum absolute atomic E-state index is 12.0. The predicted octanol–water partition coefficient (Wildman–Crippen LogP) is 2.81. The third-order valence-electron chi connectivity index (χ3n) is 2.99. The summed E-state index contributed by atoms with van der Waals surface area (Å²) in [6.45, 7) is 11.9. The van der Waals surface area contributed by atoms with E-state index in [0.29, 0.717) is 17.9 Å². The minimum atomic E-state index is -0.667. The lowest BCUT2D eigenvalue weighted by Crippen LogP contribution is -2.39. The highest BCUT2D eigenvalue weighted by molar-refractivity contribution is 7.85. The first kappa shape index (κ1) is 16.1.